The van der Waals surface area contributed by atoms with Crippen molar-refractivity contribution in [3.8, 4) is 0 Å². The summed E-state index contributed by atoms with van der Waals surface area (Å²) in [6.07, 6.45) is 3.82. The first kappa shape index (κ1) is 8.41. The Balaban J connectivity index is 2.23. The number of carbonyl (C=O) groups is 1. The van der Waals surface area contributed by atoms with Crippen molar-refractivity contribution in [3.63, 3.8) is 0 Å². The zero-order valence-corrected chi connectivity index (χ0v) is 7.84. The van der Waals surface area contributed by atoms with E-state index >= 15 is 0 Å². The van der Waals surface area contributed by atoms with Crippen LogP contribution in [0.2, 0.25) is 0 Å². The van der Waals surface area contributed by atoms with Gasteiger partial charge in [0.1, 0.15) is 0 Å². The highest BCUT2D eigenvalue weighted by Gasteiger charge is 2.37. The maximum atomic E-state index is 11.4. The van der Waals surface area contributed by atoms with Crippen molar-refractivity contribution >= 4 is 18.2 Å². The Morgan fingerprint density at radius 3 is 3.08 bits per heavy atom. The average molecular weight is 179 g/mol. The molecule has 2 rings (SSSR count). The highest BCUT2D eigenvalue weighted by molar-refractivity contribution is 6.04. The van der Waals surface area contributed by atoms with E-state index in [0.717, 1.165) is 0 Å². The molecule has 0 bridgehead atoms. The minimum atomic E-state index is -0.104. The van der Waals surface area contributed by atoms with Crippen molar-refractivity contribution in [1.82, 2.24) is 5.01 Å². The van der Waals surface area contributed by atoms with Gasteiger partial charge in [-0.3, -0.25) is 14.8 Å². The number of ketones is 1. The first-order chi connectivity index (χ1) is 6.20. The number of hydrazone groups is 1. The fraction of sp³-hybridized carbons (Fsp3) is 0.667. The summed E-state index contributed by atoms with van der Waals surface area (Å²) in [5, 5.41) is 6.09. The first-order valence-electron chi connectivity index (χ1n) is 4.57. The third kappa shape index (κ3) is 1.26. The predicted octanol–water partition coefficient (Wildman–Crippen LogP) is 0.682. The minimum Gasteiger partial charge on any atom is -0.298 e. The molecule has 2 atom stereocenters. The van der Waals surface area contributed by atoms with Crippen LogP contribution in [0.25, 0.3) is 0 Å². The van der Waals surface area contributed by atoms with Crippen molar-refractivity contribution in [2.24, 2.45) is 16.0 Å². The summed E-state index contributed by atoms with van der Waals surface area (Å²) in [4.78, 5) is 15.7. The van der Waals surface area contributed by atoms with Crippen LogP contribution in [-0.2, 0) is 4.79 Å². The Hall–Kier alpha value is -1.19. The van der Waals surface area contributed by atoms with E-state index < -0.39 is 0 Å². The Morgan fingerprint density at radius 1 is 1.62 bits per heavy atom. The number of carbonyl (C=O) groups excluding carboxylic acids is 1. The molecule has 0 aromatic rings. The summed E-state index contributed by atoms with van der Waals surface area (Å²) in [5.74, 6) is 0.124. The highest BCUT2D eigenvalue weighted by atomic mass is 16.1. The summed E-state index contributed by atoms with van der Waals surface area (Å²) in [6.45, 7) is 4.10. The number of aliphatic imine (C=N–C) groups is 1. The largest absolute Gasteiger partial charge is 0.298 e. The van der Waals surface area contributed by atoms with E-state index in [0.29, 0.717) is 12.5 Å². The minimum absolute atomic E-state index is 0.0683. The zero-order valence-electron chi connectivity index (χ0n) is 7.84. The lowest BCUT2D eigenvalue weighted by atomic mass is 9.98. The second kappa shape index (κ2) is 2.94. The molecule has 0 N–H and O–H groups in total. The third-order valence-corrected chi connectivity index (χ3v) is 2.40. The molecule has 0 saturated heterocycles. The lowest BCUT2D eigenvalue weighted by molar-refractivity contribution is -0.121. The molecule has 70 valence electrons. The molecule has 0 spiro atoms. The normalized spacial score (nSPS) is 31.6. The van der Waals surface area contributed by atoms with Gasteiger partial charge in [-0.1, -0.05) is 0 Å². The molecular weight excluding hydrogens is 166 g/mol. The average Bonchev–Trinajstić information content (AvgIpc) is 2.48. The van der Waals surface area contributed by atoms with Crippen LogP contribution in [0.1, 0.15) is 20.3 Å². The van der Waals surface area contributed by atoms with Gasteiger partial charge in [0.15, 0.2) is 11.9 Å². The molecule has 0 aromatic heterocycles. The van der Waals surface area contributed by atoms with Crippen molar-refractivity contribution in [1.29, 1.82) is 0 Å². The van der Waals surface area contributed by atoms with Gasteiger partial charge in [0.2, 0.25) is 0 Å². The van der Waals surface area contributed by atoms with E-state index in [-0.39, 0.29) is 17.9 Å². The lowest BCUT2D eigenvalue weighted by Gasteiger charge is -2.28. The summed E-state index contributed by atoms with van der Waals surface area (Å²) in [7, 11) is 0. The Bertz CT molecular complexity index is 283. The molecule has 2 aliphatic heterocycles. The molecule has 4 heteroatoms. The van der Waals surface area contributed by atoms with Gasteiger partial charge < -0.3 is 0 Å². The van der Waals surface area contributed by atoms with Crippen LogP contribution < -0.4 is 0 Å². The maximum absolute atomic E-state index is 11.4. The van der Waals surface area contributed by atoms with Gasteiger partial charge in [0.25, 0.3) is 0 Å². The van der Waals surface area contributed by atoms with E-state index in [9.17, 15) is 4.79 Å². The number of hydrogen-bond donors (Lipinski definition) is 0. The molecule has 0 fully saturated rings. The second-order valence-corrected chi connectivity index (χ2v) is 3.68. The van der Waals surface area contributed by atoms with Gasteiger partial charge in [0, 0.05) is 24.9 Å². The standard InChI is InChI=1S/C9H13N3O/c1-6(2)12-9-7(5-11-12)8(13)3-4-10-9/h4-7,9H,3H2,1-2H3. The fourth-order valence-corrected chi connectivity index (χ4v) is 1.69. The SMILES string of the molecule is CC(C)N1N=CC2C(=O)CC=NC21. The van der Waals surface area contributed by atoms with Crippen LogP contribution in [-0.4, -0.2) is 35.4 Å². The quantitative estimate of drug-likeness (QED) is 0.594. The molecule has 0 saturated carbocycles. The second-order valence-electron chi connectivity index (χ2n) is 3.68. The van der Waals surface area contributed by atoms with Gasteiger partial charge in [-0.05, 0) is 13.8 Å². The van der Waals surface area contributed by atoms with Crippen molar-refractivity contribution in [2.45, 2.75) is 32.5 Å². The zero-order chi connectivity index (χ0) is 9.42. The summed E-state index contributed by atoms with van der Waals surface area (Å²) in [6, 6.07) is 0.300. The third-order valence-electron chi connectivity index (χ3n) is 2.40. The Labute approximate surface area is 77.3 Å². The molecule has 0 amide bonds. The summed E-state index contributed by atoms with van der Waals surface area (Å²) < 4.78 is 0. The molecule has 0 aromatic carbocycles. The summed E-state index contributed by atoms with van der Waals surface area (Å²) in [5.41, 5.74) is 0. The van der Waals surface area contributed by atoms with Gasteiger partial charge in [0.05, 0.1) is 5.92 Å². The van der Waals surface area contributed by atoms with Crippen LogP contribution in [0.3, 0.4) is 0 Å². The maximum Gasteiger partial charge on any atom is 0.151 e. The van der Waals surface area contributed by atoms with Crippen LogP contribution in [0.5, 0.6) is 0 Å². The number of fused-ring (bicyclic) bond motifs is 1. The smallest absolute Gasteiger partial charge is 0.151 e. The number of rotatable bonds is 1. The topological polar surface area (TPSA) is 45.0 Å². The molecular formula is C9H13N3O. The lowest BCUT2D eigenvalue weighted by Crippen LogP contribution is -2.40. The molecule has 2 heterocycles. The number of nitrogens with zero attached hydrogens (tertiary/aromatic N) is 3. The van der Waals surface area contributed by atoms with Crippen molar-refractivity contribution < 1.29 is 4.79 Å². The predicted molar refractivity (Wildman–Crippen MR) is 50.9 cm³/mol. The van der Waals surface area contributed by atoms with Gasteiger partial charge in [-0.2, -0.15) is 5.10 Å². The molecule has 13 heavy (non-hydrogen) atoms. The Morgan fingerprint density at radius 2 is 2.38 bits per heavy atom. The molecule has 4 nitrogen and oxygen atoms in total. The van der Waals surface area contributed by atoms with E-state index in [1.807, 2.05) is 18.9 Å². The molecule has 0 aliphatic carbocycles. The number of Topliss-reactive ketones (excluding diaryl/α,β-unsaturated/α-hetero) is 1. The van der Waals surface area contributed by atoms with E-state index in [4.69, 9.17) is 0 Å². The van der Waals surface area contributed by atoms with Crippen LogP contribution >= 0.6 is 0 Å². The van der Waals surface area contributed by atoms with E-state index in [1.165, 1.54) is 0 Å². The van der Waals surface area contributed by atoms with Crippen LogP contribution in [0.4, 0.5) is 0 Å². The van der Waals surface area contributed by atoms with Crippen LogP contribution in [0, 0.1) is 5.92 Å². The monoisotopic (exact) mass is 179 g/mol. The van der Waals surface area contributed by atoms with Gasteiger partial charge in [-0.25, -0.2) is 0 Å². The van der Waals surface area contributed by atoms with E-state index in [1.54, 1.807) is 12.4 Å². The molecule has 2 aliphatic rings. The van der Waals surface area contributed by atoms with Crippen molar-refractivity contribution in [3.05, 3.63) is 0 Å². The summed E-state index contributed by atoms with van der Waals surface area (Å²) >= 11 is 0. The van der Waals surface area contributed by atoms with Gasteiger partial charge in [-0.15, -0.1) is 0 Å². The highest BCUT2D eigenvalue weighted by Crippen LogP contribution is 2.24. The molecule has 0 radical (unpaired) electrons. The van der Waals surface area contributed by atoms with Crippen molar-refractivity contribution in [2.75, 3.05) is 0 Å². The first-order valence-corrected chi connectivity index (χ1v) is 4.57. The van der Waals surface area contributed by atoms with E-state index in [2.05, 4.69) is 10.1 Å². The fourth-order valence-electron chi connectivity index (χ4n) is 1.69. The molecule has 2 unspecified atom stereocenters. The van der Waals surface area contributed by atoms with Crippen LogP contribution in [0.15, 0.2) is 10.1 Å². The number of hydrogen-bond acceptors (Lipinski definition) is 4. The van der Waals surface area contributed by atoms with Gasteiger partial charge >= 0.3 is 0 Å². The Kier molecular flexibility index (Phi) is 1.90.